The van der Waals surface area contributed by atoms with E-state index < -0.39 is 0 Å². The summed E-state index contributed by atoms with van der Waals surface area (Å²) >= 11 is 3.24. The summed E-state index contributed by atoms with van der Waals surface area (Å²) in [7, 11) is 0. The van der Waals surface area contributed by atoms with E-state index in [4.69, 9.17) is 0 Å². The molecule has 0 saturated heterocycles. The van der Waals surface area contributed by atoms with Crippen molar-refractivity contribution in [2.75, 3.05) is 0 Å². The fourth-order valence-electron chi connectivity index (χ4n) is 0.963. The predicted molar refractivity (Wildman–Crippen MR) is 48.8 cm³/mol. The summed E-state index contributed by atoms with van der Waals surface area (Å²) in [5.41, 5.74) is 1.03. The van der Waals surface area contributed by atoms with Gasteiger partial charge in [0.05, 0.1) is 4.47 Å². The van der Waals surface area contributed by atoms with Gasteiger partial charge in [-0.1, -0.05) is 13.3 Å². The Kier molecular flexibility index (Phi) is 2.88. The van der Waals surface area contributed by atoms with Gasteiger partial charge in [-0.15, -0.1) is 0 Å². The van der Waals surface area contributed by atoms with Crippen molar-refractivity contribution >= 4 is 15.9 Å². The lowest BCUT2D eigenvalue weighted by Gasteiger charge is -1.98. The van der Waals surface area contributed by atoms with Crippen LogP contribution >= 0.6 is 15.9 Å². The molecule has 11 heavy (non-hydrogen) atoms. The van der Waals surface area contributed by atoms with Crippen LogP contribution in [-0.4, -0.2) is 4.98 Å². The number of aromatic nitrogens is 1. The Labute approximate surface area is 73.8 Å². The van der Waals surface area contributed by atoms with E-state index in [2.05, 4.69) is 27.8 Å². The van der Waals surface area contributed by atoms with Crippen molar-refractivity contribution in [3.63, 3.8) is 0 Å². The third kappa shape index (κ3) is 1.93. The van der Waals surface area contributed by atoms with Crippen LogP contribution in [0.1, 0.15) is 18.9 Å². The summed E-state index contributed by atoms with van der Waals surface area (Å²) in [6.45, 7) is 2.09. The standard InChI is InChI=1S/C8H10BrNO/c1-2-3-6-4-5-10-8(11)7(6)9/h4-5H,2-3H2,1H3,(H,10,11). The highest BCUT2D eigenvalue weighted by atomic mass is 79.9. The second kappa shape index (κ2) is 3.72. The monoisotopic (exact) mass is 215 g/mol. The number of aryl methyl sites for hydroxylation is 1. The lowest BCUT2D eigenvalue weighted by Crippen LogP contribution is -2.07. The molecule has 0 bridgehead atoms. The first kappa shape index (κ1) is 8.53. The predicted octanol–water partition coefficient (Wildman–Crippen LogP) is 2.09. The quantitative estimate of drug-likeness (QED) is 0.806. The highest BCUT2D eigenvalue weighted by molar-refractivity contribution is 9.10. The molecule has 0 aliphatic carbocycles. The number of halogens is 1. The topological polar surface area (TPSA) is 32.9 Å². The molecular weight excluding hydrogens is 206 g/mol. The van der Waals surface area contributed by atoms with Crippen LogP contribution in [0.4, 0.5) is 0 Å². The summed E-state index contributed by atoms with van der Waals surface area (Å²) in [6.07, 6.45) is 3.69. The largest absolute Gasteiger partial charge is 0.328 e. The van der Waals surface area contributed by atoms with E-state index in [1.807, 2.05) is 6.07 Å². The van der Waals surface area contributed by atoms with Crippen molar-refractivity contribution in [2.24, 2.45) is 0 Å². The van der Waals surface area contributed by atoms with E-state index in [0.717, 1.165) is 18.4 Å². The van der Waals surface area contributed by atoms with Crippen molar-refractivity contribution in [3.05, 3.63) is 32.7 Å². The zero-order valence-electron chi connectivity index (χ0n) is 6.36. The Morgan fingerprint density at radius 3 is 3.00 bits per heavy atom. The lowest BCUT2D eigenvalue weighted by molar-refractivity contribution is 0.908. The molecule has 2 nitrogen and oxygen atoms in total. The smallest absolute Gasteiger partial charge is 0.262 e. The Bertz CT molecular complexity index is 292. The molecule has 1 aromatic rings. The van der Waals surface area contributed by atoms with Crippen LogP contribution in [0.15, 0.2) is 21.5 Å². The van der Waals surface area contributed by atoms with Gasteiger partial charge in [-0.2, -0.15) is 0 Å². The first-order valence-corrected chi connectivity index (χ1v) is 4.41. The summed E-state index contributed by atoms with van der Waals surface area (Å²) in [4.78, 5) is 13.6. The molecule has 0 unspecified atom stereocenters. The average Bonchev–Trinajstić information content (AvgIpc) is 1.99. The first-order chi connectivity index (χ1) is 5.25. The van der Waals surface area contributed by atoms with Gasteiger partial charge >= 0.3 is 0 Å². The number of H-pyrrole nitrogens is 1. The Morgan fingerprint density at radius 1 is 1.64 bits per heavy atom. The number of hydrogen-bond donors (Lipinski definition) is 1. The molecular formula is C8H10BrNO. The number of rotatable bonds is 2. The van der Waals surface area contributed by atoms with E-state index in [-0.39, 0.29) is 5.56 Å². The molecule has 0 fully saturated rings. The summed E-state index contributed by atoms with van der Waals surface area (Å²) in [5.74, 6) is 0. The Morgan fingerprint density at radius 2 is 2.36 bits per heavy atom. The minimum absolute atomic E-state index is 0.0454. The highest BCUT2D eigenvalue weighted by Crippen LogP contribution is 2.11. The SMILES string of the molecule is CCCc1cc[nH]c(=O)c1Br. The van der Waals surface area contributed by atoms with Crippen LogP contribution in [0.3, 0.4) is 0 Å². The number of aromatic amines is 1. The zero-order chi connectivity index (χ0) is 8.27. The second-order valence-electron chi connectivity index (χ2n) is 2.40. The maximum absolute atomic E-state index is 11.0. The highest BCUT2D eigenvalue weighted by Gasteiger charge is 2.00. The number of hydrogen-bond acceptors (Lipinski definition) is 1. The normalized spacial score (nSPS) is 10.0. The molecule has 0 aliphatic rings. The molecule has 0 aliphatic heterocycles. The maximum atomic E-state index is 11.0. The van der Waals surface area contributed by atoms with Crippen LogP contribution in [0, 0.1) is 0 Å². The van der Waals surface area contributed by atoms with Crippen LogP contribution in [0.5, 0.6) is 0 Å². The van der Waals surface area contributed by atoms with E-state index in [1.54, 1.807) is 6.20 Å². The summed E-state index contributed by atoms with van der Waals surface area (Å²) in [5, 5.41) is 0. The molecule has 0 amide bonds. The minimum atomic E-state index is -0.0454. The summed E-state index contributed by atoms with van der Waals surface area (Å²) < 4.78 is 0.668. The second-order valence-corrected chi connectivity index (χ2v) is 3.19. The summed E-state index contributed by atoms with van der Waals surface area (Å²) in [6, 6.07) is 1.93. The van der Waals surface area contributed by atoms with Gasteiger partial charge in [0, 0.05) is 6.20 Å². The van der Waals surface area contributed by atoms with Crippen LogP contribution in [-0.2, 0) is 6.42 Å². The van der Waals surface area contributed by atoms with Crippen molar-refractivity contribution in [1.29, 1.82) is 0 Å². The van der Waals surface area contributed by atoms with Gasteiger partial charge in [-0.3, -0.25) is 4.79 Å². The molecule has 60 valence electrons. The average molecular weight is 216 g/mol. The third-order valence-electron chi connectivity index (χ3n) is 1.50. The fraction of sp³-hybridized carbons (Fsp3) is 0.375. The molecule has 1 rings (SSSR count). The molecule has 1 N–H and O–H groups in total. The van der Waals surface area contributed by atoms with Crippen LogP contribution in [0.25, 0.3) is 0 Å². The van der Waals surface area contributed by atoms with E-state index in [1.165, 1.54) is 0 Å². The van der Waals surface area contributed by atoms with Gasteiger partial charge in [0.1, 0.15) is 0 Å². The van der Waals surface area contributed by atoms with Gasteiger partial charge in [-0.25, -0.2) is 0 Å². The molecule has 3 heteroatoms. The Balaban J connectivity index is 3.06. The minimum Gasteiger partial charge on any atom is -0.328 e. The molecule has 1 aromatic heterocycles. The number of pyridine rings is 1. The van der Waals surface area contributed by atoms with E-state index in [0.29, 0.717) is 4.47 Å². The molecule has 1 heterocycles. The van der Waals surface area contributed by atoms with Gasteiger partial charge in [0.2, 0.25) is 0 Å². The van der Waals surface area contributed by atoms with Crippen molar-refractivity contribution in [1.82, 2.24) is 4.98 Å². The van der Waals surface area contributed by atoms with Gasteiger partial charge in [-0.05, 0) is 34.0 Å². The Hall–Kier alpha value is -0.570. The molecule has 0 aromatic carbocycles. The maximum Gasteiger partial charge on any atom is 0.262 e. The fourth-order valence-corrected chi connectivity index (χ4v) is 1.41. The van der Waals surface area contributed by atoms with Crippen molar-refractivity contribution in [3.8, 4) is 0 Å². The van der Waals surface area contributed by atoms with E-state index >= 15 is 0 Å². The molecule has 0 radical (unpaired) electrons. The number of nitrogens with one attached hydrogen (secondary N) is 1. The van der Waals surface area contributed by atoms with Crippen LogP contribution in [0.2, 0.25) is 0 Å². The van der Waals surface area contributed by atoms with Crippen molar-refractivity contribution in [2.45, 2.75) is 19.8 Å². The third-order valence-corrected chi connectivity index (χ3v) is 2.37. The van der Waals surface area contributed by atoms with Gasteiger partial charge in [0.25, 0.3) is 5.56 Å². The van der Waals surface area contributed by atoms with E-state index in [9.17, 15) is 4.79 Å². The lowest BCUT2D eigenvalue weighted by atomic mass is 10.2. The van der Waals surface area contributed by atoms with Gasteiger partial charge < -0.3 is 4.98 Å². The van der Waals surface area contributed by atoms with Crippen LogP contribution < -0.4 is 5.56 Å². The zero-order valence-corrected chi connectivity index (χ0v) is 7.94. The van der Waals surface area contributed by atoms with Gasteiger partial charge in [0.15, 0.2) is 0 Å². The molecule has 0 spiro atoms. The van der Waals surface area contributed by atoms with Crippen molar-refractivity contribution < 1.29 is 0 Å². The first-order valence-electron chi connectivity index (χ1n) is 3.61. The molecule has 0 atom stereocenters. The molecule has 0 saturated carbocycles.